The summed E-state index contributed by atoms with van der Waals surface area (Å²) in [5, 5.41) is 12.0. The van der Waals surface area contributed by atoms with E-state index in [0.717, 1.165) is 16.9 Å². The van der Waals surface area contributed by atoms with Crippen LogP contribution in [0.2, 0.25) is 0 Å². The summed E-state index contributed by atoms with van der Waals surface area (Å²) < 4.78 is 10.2. The number of aryl methyl sites for hydroxylation is 1. The summed E-state index contributed by atoms with van der Waals surface area (Å²) in [6.07, 6.45) is 1.07. The molecule has 0 aliphatic rings. The van der Waals surface area contributed by atoms with E-state index in [1.54, 1.807) is 19.2 Å². The van der Waals surface area contributed by atoms with E-state index in [-0.39, 0.29) is 5.57 Å². The molecule has 150 valence electrons. The monoisotopic (exact) mass is 392 g/mol. The summed E-state index contributed by atoms with van der Waals surface area (Å²) in [6.45, 7) is 3.82. The maximum atomic E-state index is 12.2. The van der Waals surface area contributed by atoms with Gasteiger partial charge in [-0.25, -0.2) is 4.79 Å². The van der Waals surface area contributed by atoms with Crippen molar-refractivity contribution in [1.82, 2.24) is 5.32 Å². The standard InChI is InChI=1S/C23H24N2O4/c1-16-4-6-19(7-5-16)14-20(15-24)23(27)29-17(2)22(26)25-13-12-18-8-10-21(28-3)11-9-18/h4-11,14,17H,12-13H2,1-3H3,(H,25,26)/b20-14+/t17-/m1/s1. The molecule has 0 fully saturated rings. The lowest BCUT2D eigenvalue weighted by Crippen LogP contribution is -2.37. The van der Waals surface area contributed by atoms with Gasteiger partial charge in [-0.1, -0.05) is 42.0 Å². The number of ether oxygens (including phenoxy) is 2. The van der Waals surface area contributed by atoms with Crippen LogP contribution in [0.4, 0.5) is 0 Å². The fourth-order valence-electron chi connectivity index (χ4n) is 2.51. The van der Waals surface area contributed by atoms with Crippen LogP contribution in [0.1, 0.15) is 23.6 Å². The lowest BCUT2D eigenvalue weighted by molar-refractivity contribution is -0.150. The zero-order valence-corrected chi connectivity index (χ0v) is 16.8. The van der Waals surface area contributed by atoms with E-state index in [9.17, 15) is 14.9 Å². The summed E-state index contributed by atoms with van der Waals surface area (Å²) in [5.41, 5.74) is 2.67. The van der Waals surface area contributed by atoms with Gasteiger partial charge in [0.05, 0.1) is 7.11 Å². The smallest absolute Gasteiger partial charge is 0.349 e. The van der Waals surface area contributed by atoms with Gasteiger partial charge in [0, 0.05) is 6.54 Å². The van der Waals surface area contributed by atoms with Gasteiger partial charge in [-0.2, -0.15) is 5.26 Å². The number of benzene rings is 2. The molecule has 0 unspecified atom stereocenters. The van der Waals surface area contributed by atoms with Crippen LogP contribution in [0.25, 0.3) is 6.08 Å². The SMILES string of the molecule is COc1ccc(CCNC(=O)[C@@H](C)OC(=O)/C(C#N)=C/c2ccc(C)cc2)cc1. The number of nitrogens with one attached hydrogen (secondary N) is 1. The van der Waals surface area contributed by atoms with Crippen molar-refractivity contribution in [3.05, 3.63) is 70.8 Å². The fraction of sp³-hybridized carbons (Fsp3) is 0.261. The number of hydrogen-bond acceptors (Lipinski definition) is 5. The van der Waals surface area contributed by atoms with Crippen LogP contribution in [0, 0.1) is 18.3 Å². The Morgan fingerprint density at radius 2 is 1.79 bits per heavy atom. The quantitative estimate of drug-likeness (QED) is 0.423. The van der Waals surface area contributed by atoms with E-state index in [1.807, 2.05) is 49.4 Å². The maximum Gasteiger partial charge on any atom is 0.349 e. The molecule has 6 nitrogen and oxygen atoms in total. The van der Waals surface area contributed by atoms with E-state index in [1.165, 1.54) is 13.0 Å². The molecule has 0 bridgehead atoms. The number of methoxy groups -OCH3 is 1. The Kier molecular flexibility index (Phi) is 7.99. The average Bonchev–Trinajstić information content (AvgIpc) is 2.73. The average molecular weight is 392 g/mol. The number of hydrogen-bond donors (Lipinski definition) is 1. The first-order valence-electron chi connectivity index (χ1n) is 9.23. The minimum Gasteiger partial charge on any atom is -0.497 e. The van der Waals surface area contributed by atoms with Crippen LogP contribution in [-0.2, 0) is 20.7 Å². The highest BCUT2D eigenvalue weighted by Crippen LogP contribution is 2.12. The van der Waals surface area contributed by atoms with Crippen LogP contribution in [0.3, 0.4) is 0 Å². The number of carbonyl (C=O) groups excluding carboxylic acids is 2. The van der Waals surface area contributed by atoms with E-state index in [4.69, 9.17) is 9.47 Å². The summed E-state index contributed by atoms with van der Waals surface area (Å²) in [6, 6.07) is 16.7. The molecule has 0 radical (unpaired) electrons. The van der Waals surface area contributed by atoms with Crippen molar-refractivity contribution in [2.24, 2.45) is 0 Å². The van der Waals surface area contributed by atoms with Crippen molar-refractivity contribution < 1.29 is 19.1 Å². The maximum absolute atomic E-state index is 12.2. The minimum atomic E-state index is -1.01. The van der Waals surface area contributed by atoms with Crippen molar-refractivity contribution in [3.8, 4) is 11.8 Å². The zero-order valence-electron chi connectivity index (χ0n) is 16.8. The molecule has 0 saturated carbocycles. The van der Waals surface area contributed by atoms with Crippen molar-refractivity contribution >= 4 is 18.0 Å². The molecule has 0 heterocycles. The Morgan fingerprint density at radius 1 is 1.14 bits per heavy atom. The van der Waals surface area contributed by atoms with Gasteiger partial charge >= 0.3 is 5.97 Å². The zero-order chi connectivity index (χ0) is 21.2. The van der Waals surface area contributed by atoms with Gasteiger partial charge in [-0.3, -0.25) is 4.79 Å². The molecule has 0 aromatic heterocycles. The number of rotatable bonds is 8. The second-order valence-corrected chi connectivity index (χ2v) is 6.52. The van der Waals surface area contributed by atoms with Gasteiger partial charge in [0.1, 0.15) is 17.4 Å². The molecular weight excluding hydrogens is 368 g/mol. The molecule has 2 rings (SSSR count). The molecule has 0 aliphatic heterocycles. The van der Waals surface area contributed by atoms with Crippen molar-refractivity contribution in [3.63, 3.8) is 0 Å². The van der Waals surface area contributed by atoms with E-state index in [0.29, 0.717) is 18.5 Å². The first-order chi connectivity index (χ1) is 13.9. The Morgan fingerprint density at radius 3 is 2.38 bits per heavy atom. The highest BCUT2D eigenvalue weighted by molar-refractivity contribution is 5.99. The van der Waals surface area contributed by atoms with Crippen molar-refractivity contribution in [1.29, 1.82) is 5.26 Å². The van der Waals surface area contributed by atoms with Crippen LogP contribution in [0.5, 0.6) is 5.75 Å². The Labute approximate surface area is 170 Å². The van der Waals surface area contributed by atoms with Crippen molar-refractivity contribution in [2.45, 2.75) is 26.4 Å². The number of nitrogens with zero attached hydrogens (tertiary/aromatic N) is 1. The minimum absolute atomic E-state index is 0.160. The number of carbonyl (C=O) groups is 2. The van der Waals surface area contributed by atoms with Crippen LogP contribution < -0.4 is 10.1 Å². The molecule has 0 spiro atoms. The first kappa shape index (κ1) is 21.7. The molecule has 0 saturated heterocycles. The molecule has 6 heteroatoms. The number of esters is 1. The van der Waals surface area contributed by atoms with Gasteiger partial charge < -0.3 is 14.8 Å². The Balaban J connectivity index is 1.85. The largest absolute Gasteiger partial charge is 0.497 e. The molecule has 1 atom stereocenters. The predicted molar refractivity (Wildman–Crippen MR) is 110 cm³/mol. The molecular formula is C23H24N2O4. The van der Waals surface area contributed by atoms with Crippen LogP contribution in [-0.4, -0.2) is 31.6 Å². The Hall–Kier alpha value is -3.59. The van der Waals surface area contributed by atoms with Gasteiger partial charge in [-0.15, -0.1) is 0 Å². The van der Waals surface area contributed by atoms with Crippen molar-refractivity contribution in [2.75, 3.05) is 13.7 Å². The number of nitriles is 1. The van der Waals surface area contributed by atoms with Crippen LogP contribution >= 0.6 is 0 Å². The second kappa shape index (κ2) is 10.7. The Bertz CT molecular complexity index is 909. The normalized spacial score (nSPS) is 11.9. The third kappa shape index (κ3) is 6.82. The molecule has 2 aromatic rings. The molecule has 29 heavy (non-hydrogen) atoms. The highest BCUT2D eigenvalue weighted by atomic mass is 16.5. The van der Waals surface area contributed by atoms with Gasteiger partial charge in [0.15, 0.2) is 6.10 Å². The highest BCUT2D eigenvalue weighted by Gasteiger charge is 2.20. The molecule has 1 N–H and O–H groups in total. The predicted octanol–water partition coefficient (Wildman–Crippen LogP) is 3.20. The second-order valence-electron chi connectivity index (χ2n) is 6.52. The summed E-state index contributed by atoms with van der Waals surface area (Å²) in [7, 11) is 1.60. The molecule has 2 aromatic carbocycles. The summed E-state index contributed by atoms with van der Waals surface area (Å²) in [5.74, 6) is -0.476. The lowest BCUT2D eigenvalue weighted by atomic mass is 10.1. The number of amides is 1. The van der Waals surface area contributed by atoms with Gasteiger partial charge in [0.25, 0.3) is 5.91 Å². The van der Waals surface area contributed by atoms with E-state index in [2.05, 4.69) is 5.32 Å². The van der Waals surface area contributed by atoms with E-state index >= 15 is 0 Å². The lowest BCUT2D eigenvalue weighted by Gasteiger charge is -2.13. The summed E-state index contributed by atoms with van der Waals surface area (Å²) >= 11 is 0. The first-order valence-corrected chi connectivity index (χ1v) is 9.23. The third-order valence-corrected chi connectivity index (χ3v) is 4.25. The fourth-order valence-corrected chi connectivity index (χ4v) is 2.51. The topological polar surface area (TPSA) is 88.4 Å². The molecule has 1 amide bonds. The molecule has 0 aliphatic carbocycles. The summed E-state index contributed by atoms with van der Waals surface area (Å²) in [4.78, 5) is 24.4. The third-order valence-electron chi connectivity index (χ3n) is 4.25. The van der Waals surface area contributed by atoms with E-state index < -0.39 is 18.0 Å². The van der Waals surface area contributed by atoms with Gasteiger partial charge in [0.2, 0.25) is 0 Å². The van der Waals surface area contributed by atoms with Crippen LogP contribution in [0.15, 0.2) is 54.1 Å². The van der Waals surface area contributed by atoms with Gasteiger partial charge in [-0.05, 0) is 49.6 Å².